The Morgan fingerprint density at radius 2 is 1.85 bits per heavy atom. The van der Waals surface area contributed by atoms with Gasteiger partial charge >= 0.3 is 5.97 Å². The molecule has 4 nitrogen and oxygen atoms in total. The smallest absolute Gasteiger partial charge is 0.338 e. The fraction of sp³-hybridized carbons (Fsp3) is 0.682. The summed E-state index contributed by atoms with van der Waals surface area (Å²) < 4.78 is 12.6. The normalized spacial score (nSPS) is 28.5. The van der Waals surface area contributed by atoms with E-state index >= 15 is 0 Å². The van der Waals surface area contributed by atoms with E-state index in [-0.39, 0.29) is 5.97 Å². The molecule has 2 saturated heterocycles. The third-order valence-electron chi connectivity index (χ3n) is 6.11. The lowest BCUT2D eigenvalue weighted by Gasteiger charge is -2.51. The average Bonchev–Trinajstić information content (AvgIpc) is 2.64. The highest BCUT2D eigenvalue weighted by molar-refractivity contribution is 5.89. The lowest BCUT2D eigenvalue weighted by Crippen LogP contribution is -2.61. The third-order valence-corrected chi connectivity index (χ3v) is 6.11. The molecule has 0 radical (unpaired) electrons. The second-order valence-corrected chi connectivity index (χ2v) is 8.72. The Morgan fingerprint density at radius 1 is 1.12 bits per heavy atom. The molecule has 4 heteroatoms. The molecule has 0 N–H and O–H groups in total. The Hall–Kier alpha value is -1.55. The van der Waals surface area contributed by atoms with Crippen LogP contribution in [0, 0.1) is 11.8 Å². The Kier molecular flexibility index (Phi) is 6.23. The number of esters is 1. The van der Waals surface area contributed by atoms with Gasteiger partial charge in [-0.05, 0) is 55.9 Å². The van der Waals surface area contributed by atoms with E-state index in [4.69, 9.17) is 9.47 Å². The molecule has 0 aliphatic carbocycles. The maximum absolute atomic E-state index is 12.4. The van der Waals surface area contributed by atoms with Crippen LogP contribution < -0.4 is 4.74 Å². The molecular weight excluding hydrogens is 326 g/mol. The van der Waals surface area contributed by atoms with Gasteiger partial charge in [-0.3, -0.25) is 0 Å². The summed E-state index contributed by atoms with van der Waals surface area (Å²) in [6.07, 6.45) is 6.37. The number of carbonyl (C=O) groups excluding carboxylic acids is 1. The van der Waals surface area contributed by atoms with Gasteiger partial charge in [-0.25, -0.2) is 4.79 Å². The summed E-state index contributed by atoms with van der Waals surface area (Å²) in [5, 5.41) is 0. The molecule has 0 bridgehead atoms. The highest BCUT2D eigenvalue weighted by Crippen LogP contribution is 2.36. The molecule has 2 fully saturated rings. The van der Waals surface area contributed by atoms with Crippen molar-refractivity contribution < 1.29 is 18.8 Å². The molecule has 0 aromatic heterocycles. The van der Waals surface area contributed by atoms with Crippen molar-refractivity contribution >= 4 is 5.97 Å². The fourth-order valence-electron chi connectivity index (χ4n) is 4.64. The van der Waals surface area contributed by atoms with Crippen LogP contribution in [0.2, 0.25) is 0 Å². The van der Waals surface area contributed by atoms with Crippen molar-refractivity contribution in [3.63, 3.8) is 0 Å². The Balaban J connectivity index is 1.53. The SMILES string of the molecule is CC(C)COc1ccc(C(=O)OC[C@H]2CCC[N+]3(C)CCCC[C@@H]23)cc1. The summed E-state index contributed by atoms with van der Waals surface area (Å²) in [6, 6.07) is 7.99. The minimum Gasteiger partial charge on any atom is -0.493 e. The number of hydrogen-bond acceptors (Lipinski definition) is 3. The standard InChI is InChI=1S/C22H34NO3/c1-17(2)15-25-20-11-9-18(10-12-20)22(24)26-16-19-7-6-14-23(3)13-5-4-8-21(19)23/h9-12,17,19,21H,4-8,13-16H2,1-3H3/q+1/t19-,21+,23?/m1/s1. The number of piperidine rings is 2. The van der Waals surface area contributed by atoms with Crippen LogP contribution in [0.1, 0.15) is 56.3 Å². The van der Waals surface area contributed by atoms with Gasteiger partial charge in [0, 0.05) is 12.3 Å². The van der Waals surface area contributed by atoms with E-state index in [1.165, 1.54) is 49.7 Å². The number of rotatable bonds is 6. The minimum atomic E-state index is -0.212. The number of carbonyl (C=O) groups is 1. The highest BCUT2D eigenvalue weighted by Gasteiger charge is 2.43. The zero-order chi connectivity index (χ0) is 18.6. The lowest BCUT2D eigenvalue weighted by atomic mass is 9.82. The maximum atomic E-state index is 12.4. The monoisotopic (exact) mass is 360 g/mol. The van der Waals surface area contributed by atoms with Crippen LogP contribution >= 0.6 is 0 Å². The molecule has 144 valence electrons. The van der Waals surface area contributed by atoms with Gasteiger partial charge in [0.15, 0.2) is 0 Å². The first-order valence-electron chi connectivity index (χ1n) is 10.2. The molecule has 3 atom stereocenters. The zero-order valence-electron chi connectivity index (χ0n) is 16.6. The van der Waals surface area contributed by atoms with E-state index in [2.05, 4.69) is 20.9 Å². The van der Waals surface area contributed by atoms with Crippen molar-refractivity contribution in [3.8, 4) is 5.75 Å². The van der Waals surface area contributed by atoms with Gasteiger partial charge in [0.2, 0.25) is 0 Å². The molecule has 1 aromatic carbocycles. The van der Waals surface area contributed by atoms with E-state index in [1.54, 1.807) is 12.1 Å². The first kappa shape index (κ1) is 19.2. The third kappa shape index (κ3) is 4.59. The van der Waals surface area contributed by atoms with Crippen molar-refractivity contribution in [2.24, 2.45) is 11.8 Å². The molecule has 2 aliphatic heterocycles. The number of ether oxygens (including phenoxy) is 2. The second-order valence-electron chi connectivity index (χ2n) is 8.72. The van der Waals surface area contributed by atoms with E-state index in [0.717, 1.165) is 5.75 Å². The summed E-state index contributed by atoms with van der Waals surface area (Å²) in [5.74, 6) is 1.58. The summed E-state index contributed by atoms with van der Waals surface area (Å²) >= 11 is 0. The quantitative estimate of drug-likeness (QED) is 0.561. The summed E-state index contributed by atoms with van der Waals surface area (Å²) in [7, 11) is 2.40. The largest absolute Gasteiger partial charge is 0.493 e. The van der Waals surface area contributed by atoms with Gasteiger partial charge < -0.3 is 14.0 Å². The highest BCUT2D eigenvalue weighted by atomic mass is 16.5. The van der Waals surface area contributed by atoms with Crippen molar-refractivity contribution in [2.45, 2.75) is 52.0 Å². The molecule has 1 unspecified atom stereocenters. The predicted octanol–water partition coefficient (Wildman–Crippen LogP) is 4.29. The number of hydrogen-bond donors (Lipinski definition) is 0. The van der Waals surface area contributed by atoms with Gasteiger partial charge in [0.05, 0.1) is 38.3 Å². The molecule has 0 spiro atoms. The van der Waals surface area contributed by atoms with Crippen LogP contribution in [0.3, 0.4) is 0 Å². The fourth-order valence-corrected chi connectivity index (χ4v) is 4.64. The molecule has 2 heterocycles. The lowest BCUT2D eigenvalue weighted by molar-refractivity contribution is -0.947. The predicted molar refractivity (Wildman–Crippen MR) is 103 cm³/mol. The molecule has 3 rings (SSSR count). The van der Waals surface area contributed by atoms with Crippen molar-refractivity contribution in [3.05, 3.63) is 29.8 Å². The number of quaternary nitrogens is 1. The van der Waals surface area contributed by atoms with Gasteiger partial charge in [0.1, 0.15) is 12.4 Å². The van der Waals surface area contributed by atoms with Crippen LogP contribution in [0.15, 0.2) is 24.3 Å². The van der Waals surface area contributed by atoms with Crippen LogP contribution in [0.25, 0.3) is 0 Å². The first-order chi connectivity index (χ1) is 12.5. The molecule has 2 aliphatic rings. The number of benzene rings is 1. The van der Waals surface area contributed by atoms with E-state index in [1.807, 2.05) is 12.1 Å². The molecule has 1 aromatic rings. The van der Waals surface area contributed by atoms with Crippen LogP contribution in [-0.2, 0) is 4.74 Å². The Bertz CT molecular complexity index is 594. The first-order valence-corrected chi connectivity index (χ1v) is 10.2. The zero-order valence-corrected chi connectivity index (χ0v) is 16.6. The van der Waals surface area contributed by atoms with E-state index in [9.17, 15) is 4.79 Å². The van der Waals surface area contributed by atoms with Crippen molar-refractivity contribution in [2.75, 3.05) is 33.4 Å². The van der Waals surface area contributed by atoms with Crippen LogP contribution in [0.4, 0.5) is 0 Å². The average molecular weight is 361 g/mol. The summed E-state index contributed by atoms with van der Waals surface area (Å²) in [5.41, 5.74) is 0.610. The minimum absolute atomic E-state index is 0.212. The van der Waals surface area contributed by atoms with Gasteiger partial charge in [-0.1, -0.05) is 13.8 Å². The van der Waals surface area contributed by atoms with Crippen molar-refractivity contribution in [1.82, 2.24) is 0 Å². The van der Waals surface area contributed by atoms with Crippen molar-refractivity contribution in [1.29, 1.82) is 0 Å². The molecule has 0 amide bonds. The molecular formula is C22H34NO3+. The second kappa shape index (κ2) is 8.43. The van der Waals surface area contributed by atoms with E-state index < -0.39 is 0 Å². The summed E-state index contributed by atoms with van der Waals surface area (Å²) in [6.45, 7) is 8.05. The van der Waals surface area contributed by atoms with Crippen LogP contribution in [0.5, 0.6) is 5.75 Å². The number of nitrogens with zero attached hydrogens (tertiary/aromatic N) is 1. The topological polar surface area (TPSA) is 35.5 Å². The Labute approximate surface area is 158 Å². The van der Waals surface area contributed by atoms with Gasteiger partial charge in [-0.15, -0.1) is 0 Å². The molecule has 0 saturated carbocycles. The maximum Gasteiger partial charge on any atom is 0.338 e. The molecule has 26 heavy (non-hydrogen) atoms. The Morgan fingerprint density at radius 3 is 2.58 bits per heavy atom. The van der Waals surface area contributed by atoms with Crippen LogP contribution in [-0.4, -0.2) is 49.8 Å². The number of fused-ring (bicyclic) bond motifs is 1. The van der Waals surface area contributed by atoms with Gasteiger partial charge in [0.25, 0.3) is 0 Å². The van der Waals surface area contributed by atoms with Gasteiger partial charge in [-0.2, -0.15) is 0 Å². The van der Waals surface area contributed by atoms with E-state index in [0.29, 0.717) is 36.7 Å². The summed E-state index contributed by atoms with van der Waals surface area (Å²) in [4.78, 5) is 12.4.